The zero-order valence-corrected chi connectivity index (χ0v) is 10.8. The number of hydrogen-bond acceptors (Lipinski definition) is 3. The molecule has 1 unspecified atom stereocenters. The molecular weight excluding hydrogens is 317 g/mol. The second-order valence-corrected chi connectivity index (χ2v) is 6.71. The molecule has 0 saturated carbocycles. The first kappa shape index (κ1) is 12.2. The fourth-order valence-corrected chi connectivity index (χ4v) is 3.63. The predicted octanol–water partition coefficient (Wildman–Crippen LogP) is 0.505. The Bertz CT molecular complexity index is 302. The largest absolute Gasteiger partial charge is 0.354 e. The van der Waals surface area contributed by atoms with Crippen molar-refractivity contribution in [2.45, 2.75) is 24.5 Å². The van der Waals surface area contributed by atoms with Crippen molar-refractivity contribution in [2.75, 3.05) is 16.7 Å². The molecule has 1 fully saturated rings. The molecule has 0 aromatic heterocycles. The molecule has 1 amide bonds. The summed E-state index contributed by atoms with van der Waals surface area (Å²) in [5.41, 5.74) is 0. The Hall–Kier alpha value is 0.150. The van der Waals surface area contributed by atoms with Gasteiger partial charge in [-0.2, -0.15) is 0 Å². The first-order valence-corrected chi connectivity index (χ1v) is 7.87. The van der Waals surface area contributed by atoms with Crippen LogP contribution in [-0.4, -0.2) is 36.3 Å². The Morgan fingerprint density at radius 2 is 2.14 bits per heavy atom. The highest BCUT2D eigenvalue weighted by Crippen LogP contribution is 2.19. The number of carbonyl (C=O) groups excluding carboxylic acids is 1. The normalized spacial score (nSPS) is 25.6. The Labute approximate surface area is 97.9 Å². The van der Waals surface area contributed by atoms with Gasteiger partial charge in [-0.3, -0.25) is 4.79 Å². The minimum Gasteiger partial charge on any atom is -0.354 e. The number of alkyl halides is 1. The molecule has 0 radical (unpaired) electrons. The molecular formula is C8H14INO3S. The Kier molecular flexibility index (Phi) is 4.62. The van der Waals surface area contributed by atoms with Crippen LogP contribution in [0, 0.1) is 0 Å². The second-order valence-electron chi connectivity index (χ2n) is 3.33. The van der Waals surface area contributed by atoms with Crippen LogP contribution in [0.5, 0.6) is 0 Å². The molecule has 1 aliphatic heterocycles. The summed E-state index contributed by atoms with van der Waals surface area (Å²) in [5.74, 6) is -0.156. The molecule has 0 aromatic rings. The van der Waals surface area contributed by atoms with E-state index in [9.17, 15) is 13.2 Å². The van der Waals surface area contributed by atoms with E-state index in [4.69, 9.17) is 0 Å². The zero-order chi connectivity index (χ0) is 10.6. The minimum absolute atomic E-state index is 0.162. The van der Waals surface area contributed by atoms with Gasteiger partial charge in [0.2, 0.25) is 5.91 Å². The first-order valence-electron chi connectivity index (χ1n) is 4.63. The van der Waals surface area contributed by atoms with Crippen LogP contribution in [0.25, 0.3) is 0 Å². The molecule has 14 heavy (non-hydrogen) atoms. The van der Waals surface area contributed by atoms with Crippen LogP contribution in [0.1, 0.15) is 19.3 Å². The average molecular weight is 331 g/mol. The molecule has 0 aromatic carbocycles. The van der Waals surface area contributed by atoms with Gasteiger partial charge in [-0.1, -0.05) is 29.0 Å². The summed E-state index contributed by atoms with van der Waals surface area (Å²) in [6, 6.07) is 0. The zero-order valence-electron chi connectivity index (χ0n) is 7.83. The third-order valence-electron chi connectivity index (χ3n) is 2.26. The highest BCUT2D eigenvalue weighted by atomic mass is 127. The summed E-state index contributed by atoms with van der Waals surface area (Å²) in [7, 11) is -3.17. The van der Waals surface area contributed by atoms with E-state index in [0.717, 1.165) is 10.8 Å². The van der Waals surface area contributed by atoms with Gasteiger partial charge in [-0.15, -0.1) is 0 Å². The molecule has 0 aliphatic carbocycles. The first-order chi connectivity index (χ1) is 6.58. The summed E-state index contributed by atoms with van der Waals surface area (Å²) in [6.45, 7) is 0.547. The SMILES string of the molecule is O=C(NCCI)C1CCCCS1(=O)=O. The molecule has 1 saturated heterocycles. The fourth-order valence-electron chi connectivity index (χ4n) is 1.53. The molecule has 1 heterocycles. The van der Waals surface area contributed by atoms with Crippen molar-refractivity contribution >= 4 is 38.3 Å². The summed E-state index contributed by atoms with van der Waals surface area (Å²) in [4.78, 5) is 11.5. The molecule has 1 rings (SSSR count). The monoisotopic (exact) mass is 331 g/mol. The van der Waals surface area contributed by atoms with Gasteiger partial charge in [0.25, 0.3) is 0 Å². The van der Waals surface area contributed by atoms with Crippen molar-refractivity contribution < 1.29 is 13.2 Å². The number of halogens is 1. The standard InChI is InChI=1S/C8H14INO3S/c9-4-5-10-8(11)7-3-1-2-6-14(7,12)13/h7H,1-6H2,(H,10,11). The van der Waals surface area contributed by atoms with Gasteiger partial charge < -0.3 is 5.32 Å². The average Bonchev–Trinajstić information content (AvgIpc) is 2.13. The van der Waals surface area contributed by atoms with Crippen LogP contribution < -0.4 is 5.32 Å². The van der Waals surface area contributed by atoms with Gasteiger partial charge >= 0.3 is 0 Å². The van der Waals surface area contributed by atoms with Crippen LogP contribution in [0.4, 0.5) is 0 Å². The molecule has 1 aliphatic rings. The smallest absolute Gasteiger partial charge is 0.238 e. The van der Waals surface area contributed by atoms with E-state index in [0.29, 0.717) is 19.4 Å². The van der Waals surface area contributed by atoms with Crippen molar-refractivity contribution in [3.05, 3.63) is 0 Å². The van der Waals surface area contributed by atoms with E-state index in [1.54, 1.807) is 0 Å². The van der Waals surface area contributed by atoms with Crippen molar-refractivity contribution in [1.82, 2.24) is 5.32 Å². The van der Waals surface area contributed by atoms with Gasteiger partial charge in [0.1, 0.15) is 5.25 Å². The van der Waals surface area contributed by atoms with E-state index >= 15 is 0 Å². The van der Waals surface area contributed by atoms with Gasteiger partial charge in [0.05, 0.1) is 5.75 Å². The van der Waals surface area contributed by atoms with Crippen LogP contribution >= 0.6 is 22.6 Å². The van der Waals surface area contributed by atoms with E-state index in [2.05, 4.69) is 27.9 Å². The molecule has 0 bridgehead atoms. The summed E-state index contributed by atoms with van der Waals surface area (Å²) < 4.78 is 23.8. The van der Waals surface area contributed by atoms with Crippen molar-refractivity contribution in [3.8, 4) is 0 Å². The lowest BCUT2D eigenvalue weighted by Gasteiger charge is -2.21. The number of nitrogens with one attached hydrogen (secondary N) is 1. The maximum absolute atomic E-state index is 11.5. The number of sulfone groups is 1. The van der Waals surface area contributed by atoms with Crippen LogP contribution in [0.2, 0.25) is 0 Å². The highest BCUT2D eigenvalue weighted by molar-refractivity contribution is 14.1. The molecule has 1 N–H and O–H groups in total. The van der Waals surface area contributed by atoms with Gasteiger partial charge in [-0.05, 0) is 12.8 Å². The number of rotatable bonds is 3. The maximum Gasteiger partial charge on any atom is 0.238 e. The van der Waals surface area contributed by atoms with E-state index in [1.165, 1.54) is 0 Å². The lowest BCUT2D eigenvalue weighted by atomic mass is 10.2. The summed E-state index contributed by atoms with van der Waals surface area (Å²) in [5, 5.41) is 1.84. The van der Waals surface area contributed by atoms with E-state index < -0.39 is 15.1 Å². The minimum atomic E-state index is -3.17. The summed E-state index contributed by atoms with van der Waals surface area (Å²) in [6.07, 6.45) is 2.01. The third-order valence-corrected chi connectivity index (χ3v) is 4.98. The van der Waals surface area contributed by atoms with Crippen molar-refractivity contribution in [1.29, 1.82) is 0 Å². The quantitative estimate of drug-likeness (QED) is 0.605. The topological polar surface area (TPSA) is 63.2 Å². The van der Waals surface area contributed by atoms with Crippen LogP contribution in [0.15, 0.2) is 0 Å². The Morgan fingerprint density at radius 1 is 1.43 bits per heavy atom. The number of hydrogen-bond donors (Lipinski definition) is 1. The van der Waals surface area contributed by atoms with Gasteiger partial charge in [-0.25, -0.2) is 8.42 Å². The Morgan fingerprint density at radius 3 is 2.71 bits per heavy atom. The lowest BCUT2D eigenvalue weighted by Crippen LogP contribution is -2.43. The lowest BCUT2D eigenvalue weighted by molar-refractivity contribution is -0.120. The maximum atomic E-state index is 11.5. The van der Waals surface area contributed by atoms with E-state index in [1.807, 2.05) is 0 Å². The van der Waals surface area contributed by atoms with E-state index in [-0.39, 0.29) is 11.7 Å². The molecule has 6 heteroatoms. The molecule has 4 nitrogen and oxygen atoms in total. The Balaban J connectivity index is 2.61. The van der Waals surface area contributed by atoms with Crippen molar-refractivity contribution in [2.24, 2.45) is 0 Å². The van der Waals surface area contributed by atoms with Gasteiger partial charge in [0, 0.05) is 11.0 Å². The highest BCUT2D eigenvalue weighted by Gasteiger charge is 2.34. The van der Waals surface area contributed by atoms with Crippen LogP contribution in [0.3, 0.4) is 0 Å². The van der Waals surface area contributed by atoms with Crippen LogP contribution in [-0.2, 0) is 14.6 Å². The third kappa shape index (κ3) is 3.08. The second kappa shape index (κ2) is 5.29. The number of amides is 1. The molecule has 82 valence electrons. The summed E-state index contributed by atoms with van der Waals surface area (Å²) >= 11 is 2.14. The predicted molar refractivity (Wildman–Crippen MR) is 63.3 cm³/mol. The number of carbonyl (C=O) groups is 1. The van der Waals surface area contributed by atoms with Crippen molar-refractivity contribution in [3.63, 3.8) is 0 Å². The molecule has 0 spiro atoms. The fraction of sp³-hybridized carbons (Fsp3) is 0.875. The van der Waals surface area contributed by atoms with Gasteiger partial charge in [0.15, 0.2) is 9.84 Å². The molecule has 1 atom stereocenters.